The Balaban J connectivity index is 1.97. The Morgan fingerprint density at radius 3 is 2.71 bits per heavy atom. The number of rotatable bonds is 3. The molecule has 1 saturated heterocycles. The van der Waals surface area contributed by atoms with Crippen molar-refractivity contribution in [3.8, 4) is 0 Å². The Morgan fingerprint density at radius 1 is 1.24 bits per heavy atom. The lowest BCUT2D eigenvalue weighted by Crippen LogP contribution is -2.49. The minimum Gasteiger partial charge on any atom is -0.477 e. The van der Waals surface area contributed by atoms with E-state index in [1.165, 1.54) is 12.5 Å². The summed E-state index contributed by atoms with van der Waals surface area (Å²) in [5.74, 6) is -0.727. The van der Waals surface area contributed by atoms with Gasteiger partial charge < -0.3 is 5.11 Å². The molecule has 0 aromatic carbocycles. The summed E-state index contributed by atoms with van der Waals surface area (Å²) in [5.41, 5.74) is 0. The molecule has 7 heteroatoms. The Hall–Kier alpha value is -0.920. The van der Waals surface area contributed by atoms with E-state index in [4.69, 9.17) is 0 Å². The zero-order chi connectivity index (χ0) is 15.0. The molecule has 1 aromatic heterocycles. The number of carbonyl (C=O) groups is 1. The van der Waals surface area contributed by atoms with Gasteiger partial charge in [-0.3, -0.25) is 0 Å². The Morgan fingerprint density at radius 2 is 1.95 bits per heavy atom. The molecule has 3 rings (SSSR count). The number of piperidine rings is 1. The van der Waals surface area contributed by atoms with Crippen LogP contribution in [0.2, 0.25) is 0 Å². The fourth-order valence-corrected chi connectivity index (χ4v) is 6.65. The highest BCUT2D eigenvalue weighted by atomic mass is 32.2. The van der Waals surface area contributed by atoms with Gasteiger partial charge in [0.05, 0.1) is 0 Å². The van der Waals surface area contributed by atoms with Crippen molar-refractivity contribution in [3.05, 3.63) is 16.3 Å². The Labute approximate surface area is 128 Å². The summed E-state index contributed by atoms with van der Waals surface area (Å²) in [6, 6.07) is 1.48. The van der Waals surface area contributed by atoms with Crippen molar-refractivity contribution in [1.82, 2.24) is 4.31 Å². The topological polar surface area (TPSA) is 74.7 Å². The van der Waals surface area contributed by atoms with Crippen LogP contribution in [-0.2, 0) is 10.0 Å². The zero-order valence-corrected chi connectivity index (χ0v) is 13.3. The van der Waals surface area contributed by atoms with Crippen molar-refractivity contribution in [2.75, 3.05) is 6.54 Å². The number of nitrogens with zero attached hydrogens (tertiary/aromatic N) is 1. The second-order valence-electron chi connectivity index (χ2n) is 5.79. The second-order valence-corrected chi connectivity index (χ2v) is 8.56. The summed E-state index contributed by atoms with van der Waals surface area (Å²) in [5, 5.41) is 10.7. The molecule has 1 N–H and O–H groups in total. The van der Waals surface area contributed by atoms with Gasteiger partial charge in [0.15, 0.2) is 0 Å². The van der Waals surface area contributed by atoms with Crippen LogP contribution in [0, 0.1) is 5.92 Å². The lowest BCUT2D eigenvalue weighted by atomic mass is 9.79. The van der Waals surface area contributed by atoms with Gasteiger partial charge >= 0.3 is 5.97 Å². The molecule has 0 bridgehead atoms. The third kappa shape index (κ3) is 2.62. The number of sulfonamides is 1. The van der Waals surface area contributed by atoms with Crippen molar-refractivity contribution >= 4 is 27.3 Å². The number of aromatic carboxylic acids is 1. The third-order valence-electron chi connectivity index (χ3n) is 4.60. The summed E-state index contributed by atoms with van der Waals surface area (Å²) in [4.78, 5) is 11.1. The summed E-state index contributed by atoms with van der Waals surface area (Å²) in [6.07, 6.45) is 6.18. The maximum atomic E-state index is 12.9. The van der Waals surface area contributed by atoms with Gasteiger partial charge in [0.1, 0.15) is 9.77 Å². The van der Waals surface area contributed by atoms with Crippen LogP contribution in [0.1, 0.15) is 48.2 Å². The highest BCUT2D eigenvalue weighted by Gasteiger charge is 2.41. The van der Waals surface area contributed by atoms with Crippen LogP contribution in [0.3, 0.4) is 0 Å². The van der Waals surface area contributed by atoms with Gasteiger partial charge in [-0.15, -0.1) is 11.3 Å². The van der Waals surface area contributed by atoms with E-state index in [9.17, 15) is 18.3 Å². The standard InChI is InChI=1S/C14H19NO4S2/c16-14(17)13-12(7-9-20-13)21(18,19)15-8-3-5-10-4-1-2-6-11(10)15/h7,9-11H,1-6,8H2,(H,16,17)/t10-,11-/m1/s1. The van der Waals surface area contributed by atoms with E-state index in [2.05, 4.69) is 0 Å². The lowest BCUT2D eigenvalue weighted by molar-refractivity contribution is 0.0697. The molecule has 2 heterocycles. The Bertz CT molecular complexity index is 635. The molecule has 2 atom stereocenters. The first-order valence-corrected chi connectivity index (χ1v) is 9.66. The first-order chi connectivity index (χ1) is 10.0. The number of carboxylic acid groups (broad SMARTS) is 1. The first-order valence-electron chi connectivity index (χ1n) is 7.34. The highest BCUT2D eigenvalue weighted by Crippen LogP contribution is 2.39. The molecular formula is C14H19NO4S2. The summed E-state index contributed by atoms with van der Waals surface area (Å²) >= 11 is 0.973. The molecule has 1 aliphatic carbocycles. The van der Waals surface area contributed by atoms with Crippen molar-refractivity contribution < 1.29 is 18.3 Å². The van der Waals surface area contributed by atoms with Crippen molar-refractivity contribution in [1.29, 1.82) is 0 Å². The predicted octanol–water partition coefficient (Wildman–Crippen LogP) is 2.79. The molecule has 2 fully saturated rings. The van der Waals surface area contributed by atoms with E-state index < -0.39 is 16.0 Å². The van der Waals surface area contributed by atoms with Crippen LogP contribution in [0.25, 0.3) is 0 Å². The van der Waals surface area contributed by atoms with E-state index in [0.29, 0.717) is 12.5 Å². The number of thiophene rings is 1. The van der Waals surface area contributed by atoms with Crippen molar-refractivity contribution in [3.63, 3.8) is 0 Å². The molecule has 0 radical (unpaired) electrons. The van der Waals surface area contributed by atoms with Crippen LogP contribution in [-0.4, -0.2) is 36.4 Å². The van der Waals surface area contributed by atoms with E-state index in [0.717, 1.165) is 43.4 Å². The number of carboxylic acids is 1. The average molecular weight is 329 g/mol. The molecule has 2 aliphatic rings. The van der Waals surface area contributed by atoms with Gasteiger partial charge in [0, 0.05) is 12.6 Å². The normalized spacial score (nSPS) is 27.2. The fraction of sp³-hybridized carbons (Fsp3) is 0.643. The molecule has 1 saturated carbocycles. The van der Waals surface area contributed by atoms with Gasteiger partial charge in [-0.25, -0.2) is 13.2 Å². The summed E-state index contributed by atoms with van der Waals surface area (Å²) in [7, 11) is -3.70. The van der Waals surface area contributed by atoms with Gasteiger partial charge in [-0.1, -0.05) is 12.8 Å². The van der Waals surface area contributed by atoms with Crippen LogP contribution < -0.4 is 0 Å². The average Bonchev–Trinajstić information content (AvgIpc) is 2.97. The van der Waals surface area contributed by atoms with E-state index in [1.807, 2.05) is 0 Å². The molecule has 0 spiro atoms. The number of fused-ring (bicyclic) bond motifs is 1. The van der Waals surface area contributed by atoms with Gasteiger partial charge in [0.25, 0.3) is 0 Å². The fourth-order valence-electron chi connectivity index (χ4n) is 3.66. The van der Waals surface area contributed by atoms with Crippen LogP contribution in [0.15, 0.2) is 16.3 Å². The molecule has 1 aliphatic heterocycles. The molecular weight excluding hydrogens is 310 g/mol. The molecule has 0 amide bonds. The van der Waals surface area contributed by atoms with Crippen LogP contribution in [0.4, 0.5) is 0 Å². The predicted molar refractivity (Wildman–Crippen MR) is 80.2 cm³/mol. The van der Waals surface area contributed by atoms with Crippen LogP contribution in [0.5, 0.6) is 0 Å². The Kier molecular flexibility index (Phi) is 4.07. The largest absolute Gasteiger partial charge is 0.477 e. The van der Waals surface area contributed by atoms with Crippen LogP contribution >= 0.6 is 11.3 Å². The monoisotopic (exact) mass is 329 g/mol. The molecule has 21 heavy (non-hydrogen) atoms. The minimum absolute atomic E-state index is 0.0359. The first kappa shape index (κ1) is 15.0. The van der Waals surface area contributed by atoms with Crippen molar-refractivity contribution in [2.24, 2.45) is 5.92 Å². The number of hydrogen-bond acceptors (Lipinski definition) is 4. The third-order valence-corrected chi connectivity index (χ3v) is 7.60. The van der Waals surface area contributed by atoms with E-state index in [1.54, 1.807) is 9.69 Å². The van der Waals surface area contributed by atoms with E-state index >= 15 is 0 Å². The minimum atomic E-state index is -3.70. The highest BCUT2D eigenvalue weighted by molar-refractivity contribution is 7.89. The summed E-state index contributed by atoms with van der Waals surface area (Å²) < 4.78 is 27.4. The lowest BCUT2D eigenvalue weighted by Gasteiger charge is -2.43. The van der Waals surface area contributed by atoms with Gasteiger partial charge in [-0.05, 0) is 43.0 Å². The SMILES string of the molecule is O=C(O)c1sccc1S(=O)(=O)N1CCC[C@H]2CCCC[C@H]21. The van der Waals surface area contributed by atoms with Gasteiger partial charge in [0.2, 0.25) is 10.0 Å². The molecule has 0 unspecified atom stereocenters. The second kappa shape index (κ2) is 5.70. The molecule has 1 aromatic rings. The smallest absolute Gasteiger partial charge is 0.347 e. The maximum absolute atomic E-state index is 12.9. The van der Waals surface area contributed by atoms with Gasteiger partial charge in [-0.2, -0.15) is 4.31 Å². The van der Waals surface area contributed by atoms with Crippen molar-refractivity contribution in [2.45, 2.75) is 49.5 Å². The zero-order valence-electron chi connectivity index (χ0n) is 11.7. The molecule has 116 valence electrons. The summed E-state index contributed by atoms with van der Waals surface area (Å²) in [6.45, 7) is 0.512. The molecule has 5 nitrogen and oxygen atoms in total. The number of hydrogen-bond donors (Lipinski definition) is 1. The quantitative estimate of drug-likeness (QED) is 0.925. The maximum Gasteiger partial charge on any atom is 0.347 e. The van der Waals surface area contributed by atoms with E-state index in [-0.39, 0.29) is 15.8 Å².